The van der Waals surface area contributed by atoms with Crippen molar-refractivity contribution in [3.8, 4) is 5.69 Å². The number of aromatic nitrogens is 2. The lowest BCUT2D eigenvalue weighted by Gasteiger charge is -2.31. The van der Waals surface area contributed by atoms with Gasteiger partial charge in [0.25, 0.3) is 5.91 Å². The number of aryl methyl sites for hydroxylation is 2. The Kier molecular flexibility index (Phi) is 6.46. The third kappa shape index (κ3) is 5.19. The highest BCUT2D eigenvalue weighted by Gasteiger charge is 2.25. The van der Waals surface area contributed by atoms with E-state index in [-0.39, 0.29) is 17.9 Å². The van der Waals surface area contributed by atoms with Crippen LogP contribution in [0.5, 0.6) is 0 Å². The summed E-state index contributed by atoms with van der Waals surface area (Å²) in [6.45, 7) is 5.35. The molecular formula is C23H26N4O3S. The Morgan fingerprint density at radius 1 is 1.19 bits per heavy atom. The molecule has 4 rings (SSSR count). The molecule has 0 radical (unpaired) electrons. The number of nitrogens with zero attached hydrogens (tertiary/aromatic N) is 3. The van der Waals surface area contributed by atoms with Crippen molar-refractivity contribution in [3.05, 3.63) is 65.9 Å². The minimum atomic E-state index is -0.0939. The second-order valence-corrected chi connectivity index (χ2v) is 8.77. The molecule has 3 heterocycles. The molecule has 0 atom stereocenters. The number of imidazole rings is 1. The molecule has 1 aliphatic rings. The molecular weight excluding hydrogens is 412 g/mol. The smallest absolute Gasteiger partial charge is 0.289 e. The maximum atomic E-state index is 12.5. The molecule has 0 bridgehead atoms. The van der Waals surface area contributed by atoms with Crippen molar-refractivity contribution in [2.75, 3.05) is 18.8 Å². The molecule has 162 valence electrons. The number of rotatable bonds is 6. The summed E-state index contributed by atoms with van der Waals surface area (Å²) in [6.07, 6.45) is 6.65. The van der Waals surface area contributed by atoms with Crippen LogP contribution in [0, 0.1) is 13.8 Å². The van der Waals surface area contributed by atoms with Crippen LogP contribution < -0.4 is 5.32 Å². The van der Waals surface area contributed by atoms with Crippen molar-refractivity contribution in [3.63, 3.8) is 0 Å². The molecule has 1 saturated heterocycles. The average Bonchev–Trinajstić information content (AvgIpc) is 3.44. The van der Waals surface area contributed by atoms with Gasteiger partial charge < -0.3 is 14.6 Å². The van der Waals surface area contributed by atoms with Crippen molar-refractivity contribution >= 4 is 23.6 Å². The minimum Gasteiger partial charge on any atom is -0.459 e. The van der Waals surface area contributed by atoms with Gasteiger partial charge in [-0.2, -0.15) is 0 Å². The van der Waals surface area contributed by atoms with Gasteiger partial charge in [0.2, 0.25) is 5.91 Å². The molecule has 1 N–H and O–H groups in total. The monoisotopic (exact) mass is 438 g/mol. The zero-order valence-electron chi connectivity index (χ0n) is 17.7. The van der Waals surface area contributed by atoms with Gasteiger partial charge >= 0.3 is 0 Å². The van der Waals surface area contributed by atoms with Gasteiger partial charge in [0.15, 0.2) is 10.9 Å². The minimum absolute atomic E-state index is 0.0178. The predicted octanol–water partition coefficient (Wildman–Crippen LogP) is 3.60. The van der Waals surface area contributed by atoms with Gasteiger partial charge in [-0.25, -0.2) is 4.98 Å². The van der Waals surface area contributed by atoms with E-state index in [1.54, 1.807) is 23.2 Å². The van der Waals surface area contributed by atoms with Crippen molar-refractivity contribution in [1.29, 1.82) is 0 Å². The second-order valence-electron chi connectivity index (χ2n) is 7.83. The molecule has 1 aliphatic heterocycles. The predicted molar refractivity (Wildman–Crippen MR) is 120 cm³/mol. The van der Waals surface area contributed by atoms with Gasteiger partial charge in [-0.05, 0) is 62.1 Å². The summed E-state index contributed by atoms with van der Waals surface area (Å²) in [5, 5.41) is 3.89. The molecule has 2 amide bonds. The number of piperidine rings is 1. The molecule has 1 fully saturated rings. The summed E-state index contributed by atoms with van der Waals surface area (Å²) >= 11 is 1.42. The fraction of sp³-hybridized carbons (Fsp3) is 0.348. The van der Waals surface area contributed by atoms with Crippen molar-refractivity contribution in [2.24, 2.45) is 0 Å². The normalized spacial score (nSPS) is 14.6. The number of likely N-dealkylation sites (tertiary alicyclic amines) is 1. The lowest BCUT2D eigenvalue weighted by atomic mass is 10.0. The SMILES string of the molecule is Cc1cc(C)cc(-n2ccnc2SCC(=O)NC2CCN(C(=O)c3ccco3)CC2)c1. The number of hydrogen-bond acceptors (Lipinski definition) is 5. The van der Waals surface area contributed by atoms with Crippen LogP contribution in [-0.2, 0) is 4.79 Å². The Morgan fingerprint density at radius 3 is 2.61 bits per heavy atom. The fourth-order valence-corrected chi connectivity index (χ4v) is 4.65. The first-order chi connectivity index (χ1) is 15.0. The van der Waals surface area contributed by atoms with Gasteiger partial charge in [0.05, 0.1) is 12.0 Å². The van der Waals surface area contributed by atoms with E-state index in [0.717, 1.165) is 23.7 Å². The molecule has 0 saturated carbocycles. The number of carbonyl (C=O) groups is 2. The van der Waals surface area contributed by atoms with Crippen LogP contribution in [-0.4, -0.2) is 51.1 Å². The number of hydrogen-bond donors (Lipinski definition) is 1. The Morgan fingerprint density at radius 2 is 1.94 bits per heavy atom. The van der Waals surface area contributed by atoms with Crippen LogP contribution >= 0.6 is 11.8 Å². The molecule has 1 aromatic carbocycles. The molecule has 3 aromatic rings. The van der Waals surface area contributed by atoms with Crippen LogP contribution in [0.25, 0.3) is 5.69 Å². The molecule has 0 aliphatic carbocycles. The van der Waals surface area contributed by atoms with Crippen molar-refractivity contribution in [1.82, 2.24) is 19.8 Å². The summed E-state index contributed by atoms with van der Waals surface area (Å²) < 4.78 is 7.20. The van der Waals surface area contributed by atoms with Gasteiger partial charge in [-0.1, -0.05) is 17.8 Å². The Labute approximate surface area is 185 Å². The topological polar surface area (TPSA) is 80.4 Å². The lowest BCUT2D eigenvalue weighted by Crippen LogP contribution is -2.46. The first-order valence-corrected chi connectivity index (χ1v) is 11.3. The molecule has 7 nitrogen and oxygen atoms in total. The molecule has 0 spiro atoms. The second kappa shape index (κ2) is 9.43. The summed E-state index contributed by atoms with van der Waals surface area (Å²) in [4.78, 5) is 31.0. The number of nitrogens with one attached hydrogen (secondary N) is 1. The standard InChI is InChI=1S/C23H26N4O3S/c1-16-12-17(2)14-19(13-16)27-10-7-24-23(27)31-15-21(28)25-18-5-8-26(9-6-18)22(29)20-4-3-11-30-20/h3-4,7,10-14,18H,5-6,8-9,15H2,1-2H3,(H,25,28). The number of furan rings is 1. The first kappa shape index (κ1) is 21.2. The molecule has 0 unspecified atom stereocenters. The average molecular weight is 439 g/mol. The largest absolute Gasteiger partial charge is 0.459 e. The number of carbonyl (C=O) groups excluding carboxylic acids is 2. The van der Waals surface area contributed by atoms with Gasteiger partial charge in [0, 0.05) is 37.2 Å². The zero-order valence-corrected chi connectivity index (χ0v) is 18.5. The fourth-order valence-electron chi connectivity index (χ4n) is 3.87. The Bertz CT molecular complexity index is 1030. The van der Waals surface area contributed by atoms with Gasteiger partial charge in [0.1, 0.15) is 0 Å². The third-order valence-corrected chi connectivity index (χ3v) is 6.27. The number of thioether (sulfide) groups is 1. The highest BCUT2D eigenvalue weighted by atomic mass is 32.2. The summed E-state index contributed by atoms with van der Waals surface area (Å²) in [5.74, 6) is 0.547. The van der Waals surface area contributed by atoms with Crippen LogP contribution in [0.15, 0.2) is 58.6 Å². The summed E-state index contributed by atoms with van der Waals surface area (Å²) in [7, 11) is 0. The Hall–Kier alpha value is -3.00. The first-order valence-electron chi connectivity index (χ1n) is 10.4. The van der Waals surface area contributed by atoms with Crippen molar-refractivity contribution < 1.29 is 14.0 Å². The van der Waals surface area contributed by atoms with E-state index < -0.39 is 0 Å². The third-order valence-electron chi connectivity index (χ3n) is 5.30. The van der Waals surface area contributed by atoms with E-state index in [0.29, 0.717) is 24.6 Å². The summed E-state index contributed by atoms with van der Waals surface area (Å²) in [5.41, 5.74) is 3.43. The van der Waals surface area contributed by atoms with E-state index in [2.05, 4.69) is 42.3 Å². The van der Waals surface area contributed by atoms with Gasteiger partial charge in [-0.3, -0.25) is 14.2 Å². The van der Waals surface area contributed by atoms with Gasteiger partial charge in [-0.15, -0.1) is 0 Å². The van der Waals surface area contributed by atoms with E-state index >= 15 is 0 Å². The quantitative estimate of drug-likeness (QED) is 0.595. The summed E-state index contributed by atoms with van der Waals surface area (Å²) in [6, 6.07) is 9.81. The zero-order chi connectivity index (χ0) is 21.8. The molecule has 2 aromatic heterocycles. The Balaban J connectivity index is 1.27. The van der Waals surface area contributed by atoms with Crippen LogP contribution in [0.1, 0.15) is 34.5 Å². The highest BCUT2D eigenvalue weighted by Crippen LogP contribution is 2.22. The maximum absolute atomic E-state index is 12.5. The van der Waals surface area contributed by atoms with Crippen LogP contribution in [0.4, 0.5) is 0 Å². The molecule has 8 heteroatoms. The number of amides is 2. The highest BCUT2D eigenvalue weighted by molar-refractivity contribution is 7.99. The van der Waals surface area contributed by atoms with Crippen molar-refractivity contribution in [2.45, 2.75) is 37.9 Å². The molecule has 31 heavy (non-hydrogen) atoms. The van der Waals surface area contributed by atoms with E-state index in [4.69, 9.17) is 4.42 Å². The maximum Gasteiger partial charge on any atom is 0.289 e. The van der Waals surface area contributed by atoms with E-state index in [1.165, 1.54) is 29.2 Å². The van der Waals surface area contributed by atoms with Crippen LogP contribution in [0.3, 0.4) is 0 Å². The lowest BCUT2D eigenvalue weighted by molar-refractivity contribution is -0.119. The van der Waals surface area contributed by atoms with Crippen LogP contribution in [0.2, 0.25) is 0 Å². The van der Waals surface area contributed by atoms with E-state index in [9.17, 15) is 9.59 Å². The number of benzene rings is 1. The van der Waals surface area contributed by atoms with E-state index in [1.807, 2.05) is 10.8 Å².